The average molecular weight is 308 g/mol. The van der Waals surface area contributed by atoms with Crippen molar-refractivity contribution in [3.63, 3.8) is 0 Å². The van der Waals surface area contributed by atoms with E-state index in [0.29, 0.717) is 0 Å². The fraction of sp³-hybridized carbons (Fsp3) is 0.700. The SMILES string of the molecule is CC(=O)O[C@@H]([C@H]1OC(=S)O[C@@H]1CO)[C@@H]1COC(=S)O1. The second kappa shape index (κ2) is 5.85. The first-order chi connectivity index (χ1) is 9.01. The summed E-state index contributed by atoms with van der Waals surface area (Å²) in [6.07, 6.45) is -2.96. The zero-order valence-corrected chi connectivity index (χ0v) is 11.6. The predicted octanol–water partition coefficient (Wildman–Crippen LogP) is -0.320. The summed E-state index contributed by atoms with van der Waals surface area (Å²) in [6.45, 7) is 1.05. The van der Waals surface area contributed by atoms with E-state index in [9.17, 15) is 9.90 Å². The molecule has 0 unspecified atom stereocenters. The van der Waals surface area contributed by atoms with Crippen LogP contribution in [0.3, 0.4) is 0 Å². The van der Waals surface area contributed by atoms with Crippen LogP contribution in [0.1, 0.15) is 6.92 Å². The Hall–Kier alpha value is -1.19. The molecule has 1 N–H and O–H groups in total. The molecule has 0 radical (unpaired) electrons. The Morgan fingerprint density at radius 2 is 2.16 bits per heavy atom. The number of esters is 1. The Balaban J connectivity index is 2.14. The maximum Gasteiger partial charge on any atom is 0.353 e. The van der Waals surface area contributed by atoms with Crippen molar-refractivity contribution in [2.24, 2.45) is 0 Å². The largest absolute Gasteiger partial charge is 0.454 e. The van der Waals surface area contributed by atoms with Crippen molar-refractivity contribution < 1.29 is 33.6 Å². The fourth-order valence-electron chi connectivity index (χ4n) is 1.88. The highest BCUT2D eigenvalue weighted by molar-refractivity contribution is 7.80. The molecule has 2 saturated heterocycles. The van der Waals surface area contributed by atoms with Crippen molar-refractivity contribution in [1.82, 2.24) is 0 Å². The van der Waals surface area contributed by atoms with E-state index in [1.54, 1.807) is 0 Å². The van der Waals surface area contributed by atoms with Crippen LogP contribution in [0.25, 0.3) is 0 Å². The van der Waals surface area contributed by atoms with E-state index in [0.717, 1.165) is 0 Å². The van der Waals surface area contributed by atoms with Gasteiger partial charge in [0.2, 0.25) is 0 Å². The third-order valence-corrected chi connectivity index (χ3v) is 3.04. The number of thiocarbonyl (C=S) groups is 2. The maximum atomic E-state index is 11.2. The van der Waals surface area contributed by atoms with E-state index >= 15 is 0 Å². The smallest absolute Gasteiger partial charge is 0.353 e. The Labute approximate surface area is 119 Å². The quantitative estimate of drug-likeness (QED) is 0.555. The molecule has 2 aliphatic rings. The molecule has 9 heteroatoms. The van der Waals surface area contributed by atoms with Gasteiger partial charge in [-0.25, -0.2) is 0 Å². The lowest BCUT2D eigenvalue weighted by Gasteiger charge is -2.26. The number of hydrogen-bond acceptors (Lipinski definition) is 9. The Bertz CT molecular complexity index is 399. The van der Waals surface area contributed by atoms with Gasteiger partial charge in [-0.2, -0.15) is 0 Å². The Kier molecular flexibility index (Phi) is 4.38. The van der Waals surface area contributed by atoms with Gasteiger partial charge in [0.15, 0.2) is 24.4 Å². The van der Waals surface area contributed by atoms with E-state index < -0.39 is 30.4 Å². The van der Waals surface area contributed by atoms with Gasteiger partial charge in [0.1, 0.15) is 6.61 Å². The molecule has 2 fully saturated rings. The van der Waals surface area contributed by atoms with Gasteiger partial charge in [-0.15, -0.1) is 0 Å². The van der Waals surface area contributed by atoms with Crippen molar-refractivity contribution >= 4 is 40.9 Å². The molecule has 0 amide bonds. The zero-order valence-electron chi connectivity index (χ0n) is 9.94. The Morgan fingerprint density at radius 3 is 2.68 bits per heavy atom. The molecule has 0 bridgehead atoms. The number of carbonyl (C=O) groups is 1. The molecule has 2 heterocycles. The van der Waals surface area contributed by atoms with Crippen LogP contribution in [0.4, 0.5) is 0 Å². The van der Waals surface area contributed by atoms with E-state index in [-0.39, 0.29) is 23.7 Å². The van der Waals surface area contributed by atoms with Gasteiger partial charge in [-0.05, 0) is 0 Å². The number of hydrogen-bond donors (Lipinski definition) is 1. The summed E-state index contributed by atoms with van der Waals surface area (Å²) >= 11 is 9.53. The molecular weight excluding hydrogens is 296 g/mol. The lowest BCUT2D eigenvalue weighted by molar-refractivity contribution is -0.160. The van der Waals surface area contributed by atoms with E-state index in [1.165, 1.54) is 6.92 Å². The summed E-state index contributed by atoms with van der Waals surface area (Å²) in [5, 5.41) is 9.10. The molecule has 0 aromatic heterocycles. The topological polar surface area (TPSA) is 83.5 Å². The summed E-state index contributed by atoms with van der Waals surface area (Å²) < 4.78 is 25.8. The summed E-state index contributed by atoms with van der Waals surface area (Å²) in [4.78, 5) is 11.2. The number of ether oxygens (including phenoxy) is 5. The van der Waals surface area contributed by atoms with Gasteiger partial charge in [-0.1, -0.05) is 0 Å². The summed E-state index contributed by atoms with van der Waals surface area (Å²) in [5.41, 5.74) is 0. The first-order valence-electron chi connectivity index (χ1n) is 5.50. The minimum absolute atomic E-state index is 0.0239. The van der Waals surface area contributed by atoms with Gasteiger partial charge >= 0.3 is 16.4 Å². The van der Waals surface area contributed by atoms with Gasteiger partial charge in [-0.3, -0.25) is 4.79 Å². The normalized spacial score (nSPS) is 30.9. The van der Waals surface area contributed by atoms with Crippen LogP contribution in [0.15, 0.2) is 0 Å². The van der Waals surface area contributed by atoms with Crippen LogP contribution in [-0.2, 0) is 28.5 Å². The zero-order chi connectivity index (χ0) is 14.0. The highest BCUT2D eigenvalue weighted by Gasteiger charge is 2.48. The molecule has 2 aliphatic heterocycles. The van der Waals surface area contributed by atoms with Crippen molar-refractivity contribution in [3.8, 4) is 0 Å². The van der Waals surface area contributed by atoms with E-state index in [1.807, 2.05) is 0 Å². The molecule has 4 atom stereocenters. The first-order valence-corrected chi connectivity index (χ1v) is 6.31. The summed E-state index contributed by atoms with van der Waals surface area (Å²) in [7, 11) is 0. The highest BCUT2D eigenvalue weighted by Crippen LogP contribution is 2.26. The summed E-state index contributed by atoms with van der Waals surface area (Å²) in [5.74, 6) is -0.524. The van der Waals surface area contributed by atoms with Crippen molar-refractivity contribution in [3.05, 3.63) is 0 Å². The first kappa shape index (κ1) is 14.2. The number of carbonyl (C=O) groups excluding carboxylic acids is 1. The second-order valence-corrected chi connectivity index (χ2v) is 4.63. The van der Waals surface area contributed by atoms with Crippen LogP contribution < -0.4 is 0 Å². The van der Waals surface area contributed by atoms with Crippen LogP contribution >= 0.6 is 24.4 Å². The van der Waals surface area contributed by atoms with Crippen LogP contribution in [-0.4, -0.2) is 59.2 Å². The minimum Gasteiger partial charge on any atom is -0.454 e. The maximum absolute atomic E-state index is 11.2. The Morgan fingerprint density at radius 1 is 1.42 bits per heavy atom. The molecular formula is C10H12O7S2. The fourth-order valence-corrected chi connectivity index (χ4v) is 2.30. The standard InChI is InChI=1S/C10H12O7S2/c1-4(12)14-8(6-3-13-9(18)16-6)7-5(2-11)15-10(19)17-7/h5-8,11H,2-3H2,1H3/t5-,6+,7+,8-/m1/s1. The van der Waals surface area contributed by atoms with Crippen molar-refractivity contribution in [2.45, 2.75) is 31.3 Å². The van der Waals surface area contributed by atoms with E-state index in [4.69, 9.17) is 48.1 Å². The molecule has 0 aromatic carbocycles. The highest BCUT2D eigenvalue weighted by atomic mass is 32.1. The molecule has 0 saturated carbocycles. The van der Waals surface area contributed by atoms with E-state index in [2.05, 4.69) is 0 Å². The minimum atomic E-state index is -0.837. The van der Waals surface area contributed by atoms with Crippen LogP contribution in [0.2, 0.25) is 0 Å². The van der Waals surface area contributed by atoms with Gasteiger partial charge in [0.05, 0.1) is 6.61 Å². The number of aliphatic hydroxyl groups is 1. The monoisotopic (exact) mass is 308 g/mol. The number of rotatable bonds is 4. The van der Waals surface area contributed by atoms with Crippen LogP contribution in [0.5, 0.6) is 0 Å². The number of aliphatic hydroxyl groups excluding tert-OH is 1. The lowest BCUT2D eigenvalue weighted by atomic mass is 10.0. The lowest BCUT2D eigenvalue weighted by Crippen LogP contribution is -2.47. The van der Waals surface area contributed by atoms with Gasteiger partial charge < -0.3 is 28.8 Å². The summed E-state index contributed by atoms with van der Waals surface area (Å²) in [6, 6.07) is 0. The molecule has 0 aromatic rings. The molecule has 19 heavy (non-hydrogen) atoms. The average Bonchev–Trinajstić information content (AvgIpc) is 2.92. The van der Waals surface area contributed by atoms with Gasteiger partial charge in [0.25, 0.3) is 0 Å². The molecule has 2 rings (SSSR count). The molecule has 106 valence electrons. The van der Waals surface area contributed by atoms with Crippen LogP contribution in [0, 0.1) is 0 Å². The van der Waals surface area contributed by atoms with Crippen molar-refractivity contribution in [2.75, 3.05) is 13.2 Å². The third-order valence-electron chi connectivity index (χ3n) is 2.63. The molecule has 7 nitrogen and oxygen atoms in total. The van der Waals surface area contributed by atoms with Gasteiger partial charge in [0, 0.05) is 31.4 Å². The third kappa shape index (κ3) is 3.23. The molecule has 0 aliphatic carbocycles. The predicted molar refractivity (Wildman–Crippen MR) is 68.4 cm³/mol. The second-order valence-electron chi connectivity index (χ2n) is 3.96. The molecule has 0 spiro atoms. The van der Waals surface area contributed by atoms with Crippen molar-refractivity contribution in [1.29, 1.82) is 0 Å².